The van der Waals surface area contributed by atoms with Crippen molar-refractivity contribution >= 4 is 5.91 Å². The van der Waals surface area contributed by atoms with Gasteiger partial charge in [0.2, 0.25) is 5.91 Å². The number of hydrogen-bond acceptors (Lipinski definition) is 3. The lowest BCUT2D eigenvalue weighted by atomic mass is 9.92. The summed E-state index contributed by atoms with van der Waals surface area (Å²) in [6, 6.07) is 0.306. The fourth-order valence-corrected chi connectivity index (χ4v) is 2.57. The standard InChI is InChI=1S/C13H22N4O/c1-4-16-12(18)6-5-11(14)13(16)10-7-15-17(8-10)9(2)3/h7-9,11,13H,4-6,14H2,1-3H3. The predicted octanol–water partition coefficient (Wildman–Crippen LogP) is 1.47. The molecule has 2 rings (SSSR count). The molecule has 1 amide bonds. The zero-order valence-electron chi connectivity index (χ0n) is 11.3. The molecule has 5 nitrogen and oxygen atoms in total. The first-order valence-corrected chi connectivity index (χ1v) is 6.63. The van der Waals surface area contributed by atoms with Crippen LogP contribution in [0.4, 0.5) is 0 Å². The number of hydrogen-bond donors (Lipinski definition) is 1. The monoisotopic (exact) mass is 250 g/mol. The number of likely N-dealkylation sites (tertiary alicyclic amines) is 1. The fraction of sp³-hybridized carbons (Fsp3) is 0.692. The number of likely N-dealkylation sites (N-methyl/N-ethyl adjacent to an activating group) is 1. The molecule has 2 heterocycles. The molecule has 2 unspecified atom stereocenters. The van der Waals surface area contributed by atoms with Gasteiger partial charge < -0.3 is 10.6 Å². The van der Waals surface area contributed by atoms with Gasteiger partial charge in [-0.2, -0.15) is 5.10 Å². The highest BCUT2D eigenvalue weighted by atomic mass is 16.2. The Morgan fingerprint density at radius 3 is 2.83 bits per heavy atom. The Bertz CT molecular complexity index is 426. The molecule has 1 aliphatic rings. The average molecular weight is 250 g/mol. The SMILES string of the molecule is CCN1C(=O)CCC(N)C1c1cnn(C(C)C)c1. The Kier molecular flexibility index (Phi) is 3.71. The van der Waals surface area contributed by atoms with Crippen molar-refractivity contribution in [3.05, 3.63) is 18.0 Å². The molecule has 2 N–H and O–H groups in total. The third kappa shape index (κ3) is 2.27. The summed E-state index contributed by atoms with van der Waals surface area (Å²) in [5.41, 5.74) is 7.24. The van der Waals surface area contributed by atoms with E-state index in [1.165, 1.54) is 0 Å². The van der Waals surface area contributed by atoms with E-state index in [4.69, 9.17) is 5.73 Å². The highest BCUT2D eigenvalue weighted by molar-refractivity contribution is 5.77. The largest absolute Gasteiger partial charge is 0.334 e. The van der Waals surface area contributed by atoms with Crippen LogP contribution in [0.15, 0.2) is 12.4 Å². The van der Waals surface area contributed by atoms with Crippen LogP contribution in [-0.2, 0) is 4.79 Å². The maximum Gasteiger partial charge on any atom is 0.223 e. The van der Waals surface area contributed by atoms with Gasteiger partial charge >= 0.3 is 0 Å². The van der Waals surface area contributed by atoms with E-state index in [1.54, 1.807) is 0 Å². The maximum absolute atomic E-state index is 11.9. The average Bonchev–Trinajstić information content (AvgIpc) is 2.81. The first kappa shape index (κ1) is 13.1. The molecule has 2 atom stereocenters. The lowest BCUT2D eigenvalue weighted by molar-refractivity contribution is -0.137. The van der Waals surface area contributed by atoms with Gasteiger partial charge in [0.05, 0.1) is 12.2 Å². The topological polar surface area (TPSA) is 64.2 Å². The summed E-state index contributed by atoms with van der Waals surface area (Å²) < 4.78 is 1.91. The van der Waals surface area contributed by atoms with Gasteiger partial charge in [-0.1, -0.05) is 0 Å². The minimum atomic E-state index is -0.0243. The van der Waals surface area contributed by atoms with Gasteiger partial charge in [0.15, 0.2) is 0 Å². The third-order valence-electron chi connectivity index (χ3n) is 3.59. The molecule has 0 aromatic carbocycles. The third-order valence-corrected chi connectivity index (χ3v) is 3.59. The van der Waals surface area contributed by atoms with Crippen molar-refractivity contribution < 1.29 is 4.79 Å². The molecule has 1 aromatic rings. The summed E-state index contributed by atoms with van der Waals surface area (Å²) in [6.45, 7) is 6.86. The molecule has 0 spiro atoms. The number of amides is 1. The lowest BCUT2D eigenvalue weighted by Gasteiger charge is -2.38. The maximum atomic E-state index is 11.9. The molecule has 1 fully saturated rings. The molecule has 100 valence electrons. The van der Waals surface area contributed by atoms with Crippen molar-refractivity contribution in [2.75, 3.05) is 6.54 Å². The molecule has 0 radical (unpaired) electrons. The zero-order chi connectivity index (χ0) is 13.3. The second-order valence-corrected chi connectivity index (χ2v) is 5.17. The number of piperidine rings is 1. The van der Waals surface area contributed by atoms with Crippen molar-refractivity contribution in [2.45, 2.75) is 51.7 Å². The van der Waals surface area contributed by atoms with Gasteiger partial charge in [-0.05, 0) is 27.2 Å². The van der Waals surface area contributed by atoms with Crippen molar-refractivity contribution in [1.29, 1.82) is 0 Å². The van der Waals surface area contributed by atoms with E-state index in [1.807, 2.05) is 28.9 Å². The van der Waals surface area contributed by atoms with Gasteiger partial charge in [0.25, 0.3) is 0 Å². The van der Waals surface area contributed by atoms with E-state index in [9.17, 15) is 4.79 Å². The first-order valence-electron chi connectivity index (χ1n) is 6.63. The van der Waals surface area contributed by atoms with Crippen LogP contribution in [0, 0.1) is 0 Å². The number of carbonyl (C=O) groups is 1. The molecule has 18 heavy (non-hydrogen) atoms. The molecule has 1 aromatic heterocycles. The van der Waals surface area contributed by atoms with Gasteiger partial charge in [-0.3, -0.25) is 9.48 Å². The second kappa shape index (κ2) is 5.10. The summed E-state index contributed by atoms with van der Waals surface area (Å²) in [7, 11) is 0. The van der Waals surface area contributed by atoms with Crippen LogP contribution in [0.1, 0.15) is 51.3 Å². The first-order chi connectivity index (χ1) is 8.54. The number of rotatable bonds is 3. The summed E-state index contributed by atoms with van der Waals surface area (Å²) in [6.07, 6.45) is 5.17. The van der Waals surface area contributed by atoms with Crippen molar-refractivity contribution in [1.82, 2.24) is 14.7 Å². The van der Waals surface area contributed by atoms with Crippen LogP contribution in [0.25, 0.3) is 0 Å². The molecule has 0 aliphatic carbocycles. The minimum Gasteiger partial charge on any atom is -0.334 e. The molecule has 1 aliphatic heterocycles. The Labute approximate surface area is 108 Å². The van der Waals surface area contributed by atoms with Gasteiger partial charge in [0, 0.05) is 36.8 Å². The van der Waals surface area contributed by atoms with Gasteiger partial charge in [0.1, 0.15) is 0 Å². The molecule has 0 saturated carbocycles. The number of nitrogens with zero attached hydrogens (tertiary/aromatic N) is 3. The lowest BCUT2D eigenvalue weighted by Crippen LogP contribution is -2.48. The van der Waals surface area contributed by atoms with Crippen molar-refractivity contribution in [3.63, 3.8) is 0 Å². The molecular weight excluding hydrogens is 228 g/mol. The number of nitrogens with two attached hydrogens (primary N) is 1. The Balaban J connectivity index is 2.29. The van der Waals surface area contributed by atoms with E-state index < -0.39 is 0 Å². The van der Waals surface area contributed by atoms with Crippen molar-refractivity contribution in [3.8, 4) is 0 Å². The van der Waals surface area contributed by atoms with Gasteiger partial charge in [-0.15, -0.1) is 0 Å². The van der Waals surface area contributed by atoms with Crippen LogP contribution in [0.2, 0.25) is 0 Å². The molecule has 0 bridgehead atoms. The number of aromatic nitrogens is 2. The Morgan fingerprint density at radius 1 is 1.56 bits per heavy atom. The normalized spacial score (nSPS) is 24.9. The van der Waals surface area contributed by atoms with E-state index in [0.29, 0.717) is 19.0 Å². The van der Waals surface area contributed by atoms with Crippen LogP contribution < -0.4 is 5.73 Å². The van der Waals surface area contributed by atoms with E-state index >= 15 is 0 Å². The summed E-state index contributed by atoms with van der Waals surface area (Å²) in [5.74, 6) is 0.196. The molecule has 1 saturated heterocycles. The number of carbonyl (C=O) groups excluding carboxylic acids is 1. The van der Waals surface area contributed by atoms with E-state index in [0.717, 1.165) is 12.0 Å². The predicted molar refractivity (Wildman–Crippen MR) is 69.9 cm³/mol. The smallest absolute Gasteiger partial charge is 0.223 e. The highest BCUT2D eigenvalue weighted by Crippen LogP contribution is 2.30. The highest BCUT2D eigenvalue weighted by Gasteiger charge is 2.34. The Hall–Kier alpha value is -1.36. The summed E-state index contributed by atoms with van der Waals surface area (Å²) in [4.78, 5) is 13.8. The molecule has 5 heteroatoms. The second-order valence-electron chi connectivity index (χ2n) is 5.17. The van der Waals surface area contributed by atoms with Gasteiger partial charge in [-0.25, -0.2) is 0 Å². The molecular formula is C13H22N4O. The fourth-order valence-electron chi connectivity index (χ4n) is 2.57. The Morgan fingerprint density at radius 2 is 2.28 bits per heavy atom. The quantitative estimate of drug-likeness (QED) is 0.883. The minimum absolute atomic E-state index is 0.00691. The summed E-state index contributed by atoms with van der Waals surface area (Å²) >= 11 is 0. The van der Waals surface area contributed by atoms with Crippen LogP contribution >= 0.6 is 0 Å². The van der Waals surface area contributed by atoms with Crippen molar-refractivity contribution in [2.24, 2.45) is 5.73 Å². The zero-order valence-corrected chi connectivity index (χ0v) is 11.3. The summed E-state index contributed by atoms with van der Waals surface area (Å²) in [5, 5.41) is 4.34. The van der Waals surface area contributed by atoms with Crippen LogP contribution in [-0.4, -0.2) is 33.2 Å². The van der Waals surface area contributed by atoms with Crippen LogP contribution in [0.5, 0.6) is 0 Å². The van der Waals surface area contributed by atoms with E-state index in [-0.39, 0.29) is 18.0 Å². The van der Waals surface area contributed by atoms with Crippen LogP contribution in [0.3, 0.4) is 0 Å². The van der Waals surface area contributed by atoms with E-state index in [2.05, 4.69) is 18.9 Å².